The van der Waals surface area contributed by atoms with Gasteiger partial charge in [-0.2, -0.15) is 0 Å². The zero-order valence-corrected chi connectivity index (χ0v) is 13.5. The third kappa shape index (κ3) is 7.09. The molecule has 1 rings (SSSR count). The normalized spacial score (nSPS) is 16.9. The number of hydrogen-bond acceptors (Lipinski definition) is 3. The van der Waals surface area contributed by atoms with Crippen LogP contribution >= 0.6 is 0 Å². The van der Waals surface area contributed by atoms with Crippen LogP contribution in [-0.2, 0) is 0 Å². The van der Waals surface area contributed by atoms with Gasteiger partial charge in [-0.05, 0) is 39.0 Å². The van der Waals surface area contributed by atoms with Crippen LogP contribution in [0.2, 0.25) is 0 Å². The van der Waals surface area contributed by atoms with Gasteiger partial charge < -0.3 is 10.6 Å². The number of amidine groups is 1. The summed E-state index contributed by atoms with van der Waals surface area (Å²) >= 11 is 0. The van der Waals surface area contributed by atoms with E-state index in [9.17, 15) is 0 Å². The molecule has 1 unspecified atom stereocenters. The van der Waals surface area contributed by atoms with Gasteiger partial charge in [-0.1, -0.05) is 38.3 Å². The molecule has 0 aromatic heterocycles. The average Bonchev–Trinajstić information content (AvgIpc) is 2.89. The molecule has 20 heavy (non-hydrogen) atoms. The number of unbranched alkanes of at least 4 members (excludes halogenated alkanes) is 6. The molecule has 0 aromatic rings. The molecule has 0 saturated heterocycles. The molecule has 0 fully saturated rings. The molecule has 1 aliphatic rings. The largest absolute Gasteiger partial charge is 0.343 e. The first-order valence-corrected chi connectivity index (χ1v) is 8.46. The van der Waals surface area contributed by atoms with E-state index < -0.39 is 0 Å². The quantitative estimate of drug-likeness (QED) is 0.457. The molecule has 0 spiro atoms. The fourth-order valence-electron chi connectivity index (χ4n) is 2.64. The lowest BCUT2D eigenvalue weighted by molar-refractivity contribution is 0.359. The Morgan fingerprint density at radius 1 is 1.15 bits per heavy atom. The van der Waals surface area contributed by atoms with Crippen molar-refractivity contribution < 1.29 is 0 Å². The standard InChI is InChI=1S/C17H33N3/c1-3-4-5-6-7-8-9-10-11-12-13-17-19-14-15-20(17)16(2)18/h7-8,16H,3-6,9-15,18H2,1-2H3/b8-7+. The molecule has 2 N–H and O–H groups in total. The summed E-state index contributed by atoms with van der Waals surface area (Å²) in [5, 5.41) is 0. The second-order valence-corrected chi connectivity index (χ2v) is 5.80. The number of aliphatic imine (C=N–C) groups is 1. The van der Waals surface area contributed by atoms with Crippen molar-refractivity contribution in [3.63, 3.8) is 0 Å². The van der Waals surface area contributed by atoms with Crippen LogP contribution in [0.25, 0.3) is 0 Å². The highest BCUT2D eigenvalue weighted by molar-refractivity contribution is 5.83. The lowest BCUT2D eigenvalue weighted by Gasteiger charge is -2.24. The number of nitrogens with two attached hydrogens (primary N) is 1. The summed E-state index contributed by atoms with van der Waals surface area (Å²) in [5.74, 6) is 1.23. The van der Waals surface area contributed by atoms with Crippen LogP contribution in [-0.4, -0.2) is 30.0 Å². The van der Waals surface area contributed by atoms with Crippen molar-refractivity contribution in [1.29, 1.82) is 0 Å². The van der Waals surface area contributed by atoms with E-state index in [4.69, 9.17) is 5.73 Å². The van der Waals surface area contributed by atoms with E-state index in [0.29, 0.717) is 0 Å². The second-order valence-electron chi connectivity index (χ2n) is 5.80. The van der Waals surface area contributed by atoms with Gasteiger partial charge >= 0.3 is 0 Å². The van der Waals surface area contributed by atoms with Crippen molar-refractivity contribution in [1.82, 2.24) is 4.90 Å². The first-order chi connectivity index (χ1) is 9.75. The molecular weight excluding hydrogens is 246 g/mol. The van der Waals surface area contributed by atoms with Gasteiger partial charge in [0.1, 0.15) is 5.84 Å². The van der Waals surface area contributed by atoms with E-state index in [2.05, 4.69) is 29.0 Å². The monoisotopic (exact) mass is 279 g/mol. The predicted molar refractivity (Wildman–Crippen MR) is 89.0 cm³/mol. The summed E-state index contributed by atoms with van der Waals surface area (Å²) < 4.78 is 0. The molecule has 0 amide bonds. The zero-order chi connectivity index (χ0) is 14.6. The number of allylic oxidation sites excluding steroid dienone is 2. The third-order valence-corrected chi connectivity index (χ3v) is 3.87. The van der Waals surface area contributed by atoms with Crippen molar-refractivity contribution in [2.24, 2.45) is 10.7 Å². The minimum Gasteiger partial charge on any atom is -0.343 e. The lowest BCUT2D eigenvalue weighted by atomic mass is 10.1. The predicted octanol–water partition coefficient (Wildman–Crippen LogP) is 4.09. The summed E-state index contributed by atoms with van der Waals surface area (Å²) in [5.41, 5.74) is 5.94. The van der Waals surface area contributed by atoms with E-state index in [1.54, 1.807) is 0 Å². The molecule has 3 nitrogen and oxygen atoms in total. The molecule has 0 radical (unpaired) electrons. The van der Waals surface area contributed by atoms with Crippen LogP contribution in [0.4, 0.5) is 0 Å². The number of hydrogen-bond donors (Lipinski definition) is 1. The van der Waals surface area contributed by atoms with Crippen LogP contribution in [0, 0.1) is 0 Å². The van der Waals surface area contributed by atoms with Gasteiger partial charge in [-0.25, -0.2) is 0 Å². The summed E-state index contributed by atoms with van der Waals surface area (Å²) in [6, 6.07) is 0. The highest BCUT2D eigenvalue weighted by atomic mass is 15.3. The maximum absolute atomic E-state index is 5.94. The molecular formula is C17H33N3. The highest BCUT2D eigenvalue weighted by Gasteiger charge is 2.18. The van der Waals surface area contributed by atoms with Gasteiger partial charge in [0.05, 0.1) is 12.7 Å². The van der Waals surface area contributed by atoms with Gasteiger partial charge in [0.2, 0.25) is 0 Å². The number of rotatable bonds is 11. The Morgan fingerprint density at radius 2 is 1.85 bits per heavy atom. The minimum atomic E-state index is 0.113. The van der Waals surface area contributed by atoms with Crippen LogP contribution in [0.15, 0.2) is 17.1 Å². The molecule has 0 saturated carbocycles. The smallest absolute Gasteiger partial charge is 0.100 e. The van der Waals surface area contributed by atoms with Crippen molar-refractivity contribution in [2.75, 3.05) is 13.1 Å². The average molecular weight is 279 g/mol. The Balaban J connectivity index is 1.97. The molecule has 1 atom stereocenters. The highest BCUT2D eigenvalue weighted by Crippen LogP contribution is 2.12. The fourth-order valence-corrected chi connectivity index (χ4v) is 2.64. The van der Waals surface area contributed by atoms with Crippen molar-refractivity contribution >= 4 is 5.84 Å². The molecule has 1 aliphatic heterocycles. The first-order valence-electron chi connectivity index (χ1n) is 8.46. The Hall–Kier alpha value is -0.830. The van der Waals surface area contributed by atoms with Gasteiger partial charge in [-0.3, -0.25) is 4.99 Å². The van der Waals surface area contributed by atoms with Gasteiger partial charge in [-0.15, -0.1) is 0 Å². The second kappa shape index (κ2) is 10.9. The lowest BCUT2D eigenvalue weighted by Crippen LogP contribution is -2.41. The van der Waals surface area contributed by atoms with E-state index in [0.717, 1.165) is 19.5 Å². The maximum Gasteiger partial charge on any atom is 0.100 e. The molecule has 1 heterocycles. The molecule has 116 valence electrons. The van der Waals surface area contributed by atoms with Crippen LogP contribution < -0.4 is 5.73 Å². The van der Waals surface area contributed by atoms with E-state index in [1.165, 1.54) is 57.2 Å². The Labute approximate surface area is 125 Å². The van der Waals surface area contributed by atoms with Crippen LogP contribution in [0.1, 0.15) is 71.6 Å². The number of nitrogens with zero attached hydrogens (tertiary/aromatic N) is 2. The summed E-state index contributed by atoms with van der Waals surface area (Å²) in [4.78, 5) is 6.81. The van der Waals surface area contributed by atoms with Gasteiger partial charge in [0.15, 0.2) is 0 Å². The molecule has 0 aliphatic carbocycles. The van der Waals surface area contributed by atoms with Gasteiger partial charge in [0, 0.05) is 13.0 Å². The maximum atomic E-state index is 5.94. The van der Waals surface area contributed by atoms with E-state index in [1.807, 2.05) is 6.92 Å². The SMILES string of the molecule is CCCCC/C=C/CCCCCC1=NCCN1C(C)N. The van der Waals surface area contributed by atoms with Crippen LogP contribution in [0.5, 0.6) is 0 Å². The summed E-state index contributed by atoms with van der Waals surface area (Å²) in [6.07, 6.45) is 16.3. The first kappa shape index (κ1) is 17.2. The third-order valence-electron chi connectivity index (χ3n) is 3.87. The fraction of sp³-hybridized carbons (Fsp3) is 0.824. The Kier molecular flexibility index (Phi) is 9.38. The van der Waals surface area contributed by atoms with Crippen LogP contribution in [0.3, 0.4) is 0 Å². The molecule has 0 bridgehead atoms. The minimum absolute atomic E-state index is 0.113. The molecule has 3 heteroatoms. The van der Waals surface area contributed by atoms with Crippen molar-refractivity contribution in [3.8, 4) is 0 Å². The van der Waals surface area contributed by atoms with E-state index >= 15 is 0 Å². The Morgan fingerprint density at radius 3 is 2.50 bits per heavy atom. The zero-order valence-electron chi connectivity index (χ0n) is 13.5. The van der Waals surface area contributed by atoms with E-state index in [-0.39, 0.29) is 6.17 Å². The van der Waals surface area contributed by atoms with Crippen molar-refractivity contribution in [3.05, 3.63) is 12.2 Å². The molecule has 0 aromatic carbocycles. The van der Waals surface area contributed by atoms with Gasteiger partial charge in [0.25, 0.3) is 0 Å². The Bertz CT molecular complexity index is 295. The summed E-state index contributed by atoms with van der Waals surface area (Å²) in [7, 11) is 0. The van der Waals surface area contributed by atoms with Crippen molar-refractivity contribution in [2.45, 2.75) is 77.8 Å². The topological polar surface area (TPSA) is 41.6 Å². The summed E-state index contributed by atoms with van der Waals surface area (Å²) in [6.45, 7) is 6.24.